The van der Waals surface area contributed by atoms with Gasteiger partial charge in [0.25, 0.3) is 0 Å². The van der Waals surface area contributed by atoms with Crippen LogP contribution in [0.4, 0.5) is 0 Å². The van der Waals surface area contributed by atoms with E-state index in [9.17, 15) is 0 Å². The van der Waals surface area contributed by atoms with Gasteiger partial charge in [-0.1, -0.05) is 36.4 Å². The van der Waals surface area contributed by atoms with Gasteiger partial charge in [0, 0.05) is 17.8 Å². The minimum atomic E-state index is 0.259. The zero-order valence-electron chi connectivity index (χ0n) is 11.9. The summed E-state index contributed by atoms with van der Waals surface area (Å²) in [5, 5.41) is 15.7. The van der Waals surface area contributed by atoms with Gasteiger partial charge in [0.1, 0.15) is 0 Å². The summed E-state index contributed by atoms with van der Waals surface area (Å²) in [7, 11) is 1.92. The summed E-state index contributed by atoms with van der Waals surface area (Å²) in [6.07, 6.45) is 1.82. The van der Waals surface area contributed by atoms with E-state index in [1.54, 1.807) is 0 Å². The molecule has 0 amide bonds. The fourth-order valence-corrected chi connectivity index (χ4v) is 1.95. The molecule has 3 rings (SSSR count). The lowest BCUT2D eigenvalue weighted by Crippen LogP contribution is -2.13. The first-order valence-electron chi connectivity index (χ1n) is 6.77. The van der Waals surface area contributed by atoms with Gasteiger partial charge in [0.05, 0.1) is 0 Å². The molecule has 2 heterocycles. The zero-order valence-corrected chi connectivity index (χ0v) is 11.9. The highest BCUT2D eigenvalue weighted by molar-refractivity contribution is 5.53. The largest absolute Gasteiger partial charge is 0.313 e. The molecule has 0 saturated carbocycles. The van der Waals surface area contributed by atoms with Crippen LogP contribution in [0, 0.1) is 0 Å². The first-order valence-corrected chi connectivity index (χ1v) is 6.77. The van der Waals surface area contributed by atoms with E-state index in [0.29, 0.717) is 11.6 Å². The predicted molar refractivity (Wildman–Crippen MR) is 79.9 cm³/mol. The van der Waals surface area contributed by atoms with Gasteiger partial charge in [0.15, 0.2) is 5.82 Å². The van der Waals surface area contributed by atoms with Crippen LogP contribution in [0.2, 0.25) is 0 Å². The summed E-state index contributed by atoms with van der Waals surface area (Å²) < 4.78 is 0. The molecule has 1 atom stereocenters. The monoisotopic (exact) mass is 280 g/mol. The van der Waals surface area contributed by atoms with Crippen LogP contribution in [0.5, 0.6) is 0 Å². The Balaban J connectivity index is 1.86. The molecule has 21 heavy (non-hydrogen) atoms. The molecule has 0 aliphatic carbocycles. The minimum absolute atomic E-state index is 0.259. The van der Waals surface area contributed by atoms with Crippen molar-refractivity contribution in [1.29, 1.82) is 0 Å². The minimum Gasteiger partial charge on any atom is -0.313 e. The van der Waals surface area contributed by atoms with E-state index in [1.165, 1.54) is 4.80 Å². The molecule has 2 aromatic heterocycles. The number of aromatic nitrogens is 5. The number of hydrogen-bond acceptors (Lipinski definition) is 5. The van der Waals surface area contributed by atoms with Crippen molar-refractivity contribution in [2.45, 2.75) is 13.0 Å². The van der Waals surface area contributed by atoms with Gasteiger partial charge in [-0.05, 0) is 30.8 Å². The smallest absolute Gasteiger partial charge is 0.205 e. The Labute approximate surface area is 122 Å². The standard InChI is InChI=1S/C15H16N6/c1-11(16-2)13-8-9-14(17-10-13)21-19-15(18-20-21)12-6-4-3-5-7-12/h3-11,16H,1-2H3. The van der Waals surface area contributed by atoms with Crippen molar-refractivity contribution in [3.05, 3.63) is 54.2 Å². The fraction of sp³-hybridized carbons (Fsp3) is 0.200. The summed E-state index contributed by atoms with van der Waals surface area (Å²) in [4.78, 5) is 5.82. The molecule has 0 aliphatic heterocycles. The van der Waals surface area contributed by atoms with Crippen LogP contribution >= 0.6 is 0 Å². The Bertz CT molecular complexity index is 705. The van der Waals surface area contributed by atoms with Crippen molar-refractivity contribution < 1.29 is 0 Å². The van der Waals surface area contributed by atoms with Gasteiger partial charge >= 0.3 is 0 Å². The van der Waals surface area contributed by atoms with Crippen LogP contribution in [0.1, 0.15) is 18.5 Å². The Morgan fingerprint density at radius 3 is 2.57 bits per heavy atom. The molecule has 0 radical (unpaired) electrons. The van der Waals surface area contributed by atoms with Gasteiger partial charge in [-0.25, -0.2) is 4.98 Å². The normalized spacial score (nSPS) is 12.3. The Kier molecular flexibility index (Phi) is 3.70. The molecule has 1 unspecified atom stereocenters. The number of rotatable bonds is 4. The maximum absolute atomic E-state index is 4.38. The van der Waals surface area contributed by atoms with Crippen molar-refractivity contribution in [2.24, 2.45) is 0 Å². The molecule has 0 bridgehead atoms. The van der Waals surface area contributed by atoms with Crippen LogP contribution in [-0.4, -0.2) is 32.2 Å². The SMILES string of the molecule is CNC(C)c1ccc(-n2nnc(-c3ccccc3)n2)nc1. The second-order valence-electron chi connectivity index (χ2n) is 4.73. The summed E-state index contributed by atoms with van der Waals surface area (Å²) in [5.41, 5.74) is 2.05. The second-order valence-corrected chi connectivity index (χ2v) is 4.73. The summed E-state index contributed by atoms with van der Waals surface area (Å²) >= 11 is 0. The van der Waals surface area contributed by atoms with E-state index in [0.717, 1.165) is 11.1 Å². The molecule has 0 spiro atoms. The van der Waals surface area contributed by atoms with Crippen molar-refractivity contribution >= 4 is 0 Å². The number of nitrogens with one attached hydrogen (secondary N) is 1. The first-order chi connectivity index (χ1) is 10.3. The van der Waals surface area contributed by atoms with E-state index in [4.69, 9.17) is 0 Å². The number of benzene rings is 1. The molecule has 0 fully saturated rings. The highest BCUT2D eigenvalue weighted by Crippen LogP contribution is 2.14. The third kappa shape index (κ3) is 2.80. The molecular formula is C15H16N6. The molecular weight excluding hydrogens is 264 g/mol. The average Bonchev–Trinajstić information content (AvgIpc) is 3.05. The van der Waals surface area contributed by atoms with Crippen LogP contribution in [-0.2, 0) is 0 Å². The number of pyridine rings is 1. The number of tetrazole rings is 1. The molecule has 6 heteroatoms. The molecule has 0 saturated heterocycles. The third-order valence-corrected chi connectivity index (χ3v) is 3.35. The van der Waals surface area contributed by atoms with Crippen molar-refractivity contribution in [2.75, 3.05) is 7.05 Å². The van der Waals surface area contributed by atoms with Crippen molar-refractivity contribution in [1.82, 2.24) is 30.5 Å². The quantitative estimate of drug-likeness (QED) is 0.791. The summed E-state index contributed by atoms with van der Waals surface area (Å²) in [5.74, 6) is 1.24. The summed E-state index contributed by atoms with van der Waals surface area (Å²) in [6.45, 7) is 2.08. The predicted octanol–water partition coefficient (Wildman–Crippen LogP) is 2.00. The average molecular weight is 280 g/mol. The zero-order chi connectivity index (χ0) is 14.7. The number of nitrogens with zero attached hydrogens (tertiary/aromatic N) is 5. The van der Waals surface area contributed by atoms with E-state index >= 15 is 0 Å². The topological polar surface area (TPSA) is 68.5 Å². The van der Waals surface area contributed by atoms with Gasteiger partial charge < -0.3 is 5.32 Å². The van der Waals surface area contributed by atoms with Crippen LogP contribution in [0.3, 0.4) is 0 Å². The van der Waals surface area contributed by atoms with E-state index in [-0.39, 0.29) is 6.04 Å². The molecule has 0 aliphatic rings. The lowest BCUT2D eigenvalue weighted by Gasteiger charge is -2.09. The first kappa shape index (κ1) is 13.4. The van der Waals surface area contributed by atoms with E-state index in [1.807, 2.05) is 55.7 Å². The van der Waals surface area contributed by atoms with Crippen LogP contribution < -0.4 is 5.32 Å². The van der Waals surface area contributed by atoms with Crippen molar-refractivity contribution in [3.8, 4) is 17.2 Å². The third-order valence-electron chi connectivity index (χ3n) is 3.35. The van der Waals surface area contributed by atoms with Crippen LogP contribution in [0.25, 0.3) is 17.2 Å². The lowest BCUT2D eigenvalue weighted by molar-refractivity contribution is 0.645. The summed E-state index contributed by atoms with van der Waals surface area (Å²) in [6, 6.07) is 13.9. The highest BCUT2D eigenvalue weighted by atomic mass is 15.6. The Morgan fingerprint density at radius 1 is 1.10 bits per heavy atom. The molecule has 106 valence electrons. The van der Waals surface area contributed by atoms with Crippen LogP contribution in [0.15, 0.2) is 48.7 Å². The highest BCUT2D eigenvalue weighted by Gasteiger charge is 2.08. The molecule has 1 N–H and O–H groups in total. The molecule has 1 aromatic carbocycles. The molecule has 3 aromatic rings. The van der Waals surface area contributed by atoms with E-state index in [2.05, 4.69) is 32.6 Å². The van der Waals surface area contributed by atoms with Crippen molar-refractivity contribution in [3.63, 3.8) is 0 Å². The fourth-order valence-electron chi connectivity index (χ4n) is 1.95. The van der Waals surface area contributed by atoms with Gasteiger partial charge in [0.2, 0.25) is 5.82 Å². The lowest BCUT2D eigenvalue weighted by atomic mass is 10.1. The Hall–Kier alpha value is -2.60. The van der Waals surface area contributed by atoms with Gasteiger partial charge in [-0.15, -0.1) is 15.0 Å². The number of hydrogen-bond donors (Lipinski definition) is 1. The second kappa shape index (κ2) is 5.80. The maximum atomic E-state index is 4.38. The van der Waals surface area contributed by atoms with E-state index < -0.39 is 0 Å². The molecule has 6 nitrogen and oxygen atoms in total. The Morgan fingerprint density at radius 2 is 1.90 bits per heavy atom. The maximum Gasteiger partial charge on any atom is 0.205 e. The van der Waals surface area contributed by atoms with Gasteiger partial charge in [-0.2, -0.15) is 0 Å². The van der Waals surface area contributed by atoms with Gasteiger partial charge in [-0.3, -0.25) is 0 Å².